The first-order valence-electron chi connectivity index (χ1n) is 9.70. The van der Waals surface area contributed by atoms with E-state index in [1.165, 1.54) is 36.4 Å². The Bertz CT molecular complexity index is 1230. The number of nitrogens with zero attached hydrogens (tertiary/aromatic N) is 2. The number of amides is 2. The molecule has 0 aliphatic heterocycles. The van der Waals surface area contributed by atoms with Crippen molar-refractivity contribution >= 4 is 28.9 Å². The van der Waals surface area contributed by atoms with Crippen molar-refractivity contribution in [2.75, 3.05) is 11.9 Å². The van der Waals surface area contributed by atoms with Crippen LogP contribution in [0.3, 0.4) is 0 Å². The van der Waals surface area contributed by atoms with E-state index in [9.17, 15) is 24.1 Å². The summed E-state index contributed by atoms with van der Waals surface area (Å²) in [4.78, 5) is 34.7. The number of para-hydroxylation sites is 2. The Balaban J connectivity index is 1.60. The van der Waals surface area contributed by atoms with Gasteiger partial charge >= 0.3 is 5.69 Å². The minimum atomic E-state index is -0.608. The second-order valence-electron chi connectivity index (χ2n) is 6.79. The molecular formula is C23H19FN4O5. The van der Waals surface area contributed by atoms with Gasteiger partial charge in [-0.3, -0.25) is 19.7 Å². The van der Waals surface area contributed by atoms with Gasteiger partial charge in [0.15, 0.2) is 12.4 Å². The fourth-order valence-electron chi connectivity index (χ4n) is 2.77. The standard InChI is InChI=1S/C23H19FN4O5/c1-15(26-27-22(29)14-33-21-11-3-2-10-20(21)28(31)32)16-6-5-9-19(13-16)25-23(30)17-7-4-8-18(24)12-17/h2-13H,14H2,1H3,(H,25,30)(H,27,29). The number of nitro benzene ring substituents is 1. The van der Waals surface area contributed by atoms with Gasteiger partial charge in [-0.15, -0.1) is 0 Å². The lowest BCUT2D eigenvalue weighted by Crippen LogP contribution is -2.25. The molecule has 0 radical (unpaired) electrons. The molecule has 3 aromatic rings. The minimum absolute atomic E-state index is 0.0277. The van der Waals surface area contributed by atoms with Crippen molar-refractivity contribution in [1.82, 2.24) is 5.43 Å². The van der Waals surface area contributed by atoms with E-state index in [1.807, 2.05) is 0 Å². The van der Waals surface area contributed by atoms with Crippen LogP contribution in [0.1, 0.15) is 22.8 Å². The van der Waals surface area contributed by atoms with Gasteiger partial charge < -0.3 is 10.1 Å². The lowest BCUT2D eigenvalue weighted by atomic mass is 10.1. The lowest BCUT2D eigenvalue weighted by molar-refractivity contribution is -0.385. The summed E-state index contributed by atoms with van der Waals surface area (Å²) in [5.41, 5.74) is 3.77. The maximum atomic E-state index is 13.3. The molecule has 9 nitrogen and oxygen atoms in total. The van der Waals surface area contributed by atoms with E-state index in [0.717, 1.165) is 6.07 Å². The number of ether oxygens (including phenoxy) is 1. The number of hydrazone groups is 1. The van der Waals surface area contributed by atoms with Crippen molar-refractivity contribution < 1.29 is 23.6 Å². The normalized spacial score (nSPS) is 10.9. The van der Waals surface area contributed by atoms with E-state index in [0.29, 0.717) is 17.0 Å². The highest BCUT2D eigenvalue weighted by Crippen LogP contribution is 2.25. The Morgan fingerprint density at radius 2 is 1.76 bits per heavy atom. The van der Waals surface area contributed by atoms with E-state index in [4.69, 9.17) is 4.74 Å². The zero-order chi connectivity index (χ0) is 23.8. The van der Waals surface area contributed by atoms with Crippen LogP contribution in [0.4, 0.5) is 15.8 Å². The monoisotopic (exact) mass is 450 g/mol. The van der Waals surface area contributed by atoms with Crippen molar-refractivity contribution in [3.8, 4) is 5.75 Å². The molecule has 0 heterocycles. The predicted octanol–water partition coefficient (Wildman–Crippen LogP) is 3.91. The molecule has 0 unspecified atom stereocenters. The summed E-state index contributed by atoms with van der Waals surface area (Å²) >= 11 is 0. The van der Waals surface area contributed by atoms with Crippen molar-refractivity contribution in [3.05, 3.63) is 99.9 Å². The van der Waals surface area contributed by atoms with Crippen LogP contribution in [0.5, 0.6) is 5.75 Å². The number of carbonyl (C=O) groups excluding carboxylic acids is 2. The number of hydrogen-bond donors (Lipinski definition) is 2. The predicted molar refractivity (Wildman–Crippen MR) is 120 cm³/mol. The van der Waals surface area contributed by atoms with E-state index in [2.05, 4.69) is 15.8 Å². The molecular weight excluding hydrogens is 431 g/mol. The zero-order valence-electron chi connectivity index (χ0n) is 17.4. The number of hydrogen-bond acceptors (Lipinski definition) is 6. The van der Waals surface area contributed by atoms with Gasteiger partial charge in [0.05, 0.1) is 10.6 Å². The zero-order valence-corrected chi connectivity index (χ0v) is 17.4. The van der Waals surface area contributed by atoms with Gasteiger partial charge in [-0.2, -0.15) is 5.10 Å². The van der Waals surface area contributed by atoms with Crippen LogP contribution < -0.4 is 15.5 Å². The largest absolute Gasteiger partial charge is 0.477 e. The van der Waals surface area contributed by atoms with Gasteiger partial charge in [0.2, 0.25) is 0 Å². The Labute approximate surface area is 188 Å². The number of rotatable bonds is 8. The van der Waals surface area contributed by atoms with E-state index < -0.39 is 29.2 Å². The Kier molecular flexibility index (Phi) is 7.43. The molecule has 168 valence electrons. The summed E-state index contributed by atoms with van der Waals surface area (Å²) in [7, 11) is 0. The maximum absolute atomic E-state index is 13.3. The summed E-state index contributed by atoms with van der Waals surface area (Å²) in [5.74, 6) is -1.62. The Morgan fingerprint density at radius 3 is 2.52 bits per heavy atom. The third-order valence-electron chi connectivity index (χ3n) is 4.39. The second-order valence-corrected chi connectivity index (χ2v) is 6.79. The molecule has 2 N–H and O–H groups in total. The summed E-state index contributed by atoms with van der Waals surface area (Å²) in [5, 5.41) is 17.7. The van der Waals surface area contributed by atoms with Gasteiger partial charge in [-0.25, -0.2) is 9.82 Å². The van der Waals surface area contributed by atoms with Crippen molar-refractivity contribution in [3.63, 3.8) is 0 Å². The second kappa shape index (κ2) is 10.6. The number of carbonyl (C=O) groups is 2. The van der Waals surface area contributed by atoms with Crippen LogP contribution in [-0.4, -0.2) is 29.1 Å². The molecule has 3 rings (SSSR count). The number of halogens is 1. The topological polar surface area (TPSA) is 123 Å². The Hall–Kier alpha value is -4.60. The molecule has 0 saturated heterocycles. The first-order chi connectivity index (χ1) is 15.8. The maximum Gasteiger partial charge on any atom is 0.310 e. The van der Waals surface area contributed by atoms with Gasteiger partial charge in [0.1, 0.15) is 5.82 Å². The molecule has 10 heteroatoms. The Morgan fingerprint density at radius 1 is 1.03 bits per heavy atom. The number of nitro groups is 1. The number of nitrogens with one attached hydrogen (secondary N) is 2. The highest BCUT2D eigenvalue weighted by Gasteiger charge is 2.15. The van der Waals surface area contributed by atoms with E-state index in [1.54, 1.807) is 37.3 Å². The highest BCUT2D eigenvalue weighted by atomic mass is 19.1. The van der Waals surface area contributed by atoms with Gasteiger partial charge in [0, 0.05) is 17.3 Å². The molecule has 0 atom stereocenters. The molecule has 0 spiro atoms. The molecule has 2 amide bonds. The fraction of sp³-hybridized carbons (Fsp3) is 0.0870. The van der Waals surface area contributed by atoms with Crippen molar-refractivity contribution in [2.45, 2.75) is 6.92 Å². The third kappa shape index (κ3) is 6.44. The summed E-state index contributed by atoms with van der Waals surface area (Å²) in [6, 6.07) is 17.8. The summed E-state index contributed by atoms with van der Waals surface area (Å²) < 4.78 is 18.5. The molecule has 0 aliphatic carbocycles. The number of anilines is 1. The lowest BCUT2D eigenvalue weighted by Gasteiger charge is -2.08. The van der Waals surface area contributed by atoms with Crippen LogP contribution in [0.25, 0.3) is 0 Å². The van der Waals surface area contributed by atoms with Crippen LogP contribution in [-0.2, 0) is 4.79 Å². The van der Waals surface area contributed by atoms with Gasteiger partial charge in [-0.05, 0) is 48.9 Å². The van der Waals surface area contributed by atoms with Crippen LogP contribution in [0, 0.1) is 15.9 Å². The van der Waals surface area contributed by atoms with E-state index in [-0.39, 0.29) is 17.0 Å². The van der Waals surface area contributed by atoms with Crippen LogP contribution >= 0.6 is 0 Å². The summed E-state index contributed by atoms with van der Waals surface area (Å²) in [6.45, 7) is 1.18. The smallest absolute Gasteiger partial charge is 0.310 e. The quantitative estimate of drug-likeness (QED) is 0.306. The first kappa shape index (κ1) is 23.1. The molecule has 0 bridgehead atoms. The molecule has 0 aliphatic rings. The SMILES string of the molecule is CC(=NNC(=O)COc1ccccc1[N+](=O)[O-])c1cccc(NC(=O)c2cccc(F)c2)c1. The molecule has 0 aromatic heterocycles. The molecule has 3 aromatic carbocycles. The average molecular weight is 450 g/mol. The third-order valence-corrected chi connectivity index (χ3v) is 4.39. The minimum Gasteiger partial charge on any atom is -0.477 e. The molecule has 33 heavy (non-hydrogen) atoms. The van der Waals surface area contributed by atoms with E-state index >= 15 is 0 Å². The fourth-order valence-corrected chi connectivity index (χ4v) is 2.77. The molecule has 0 saturated carbocycles. The van der Waals surface area contributed by atoms with Crippen molar-refractivity contribution in [1.29, 1.82) is 0 Å². The molecule has 0 fully saturated rings. The van der Waals surface area contributed by atoms with Gasteiger partial charge in [0.25, 0.3) is 11.8 Å². The van der Waals surface area contributed by atoms with Crippen LogP contribution in [0.2, 0.25) is 0 Å². The van der Waals surface area contributed by atoms with Gasteiger partial charge in [-0.1, -0.05) is 30.3 Å². The average Bonchev–Trinajstić information content (AvgIpc) is 2.81. The van der Waals surface area contributed by atoms with Crippen molar-refractivity contribution in [2.24, 2.45) is 5.10 Å². The first-order valence-corrected chi connectivity index (χ1v) is 9.70. The van der Waals surface area contributed by atoms with Crippen LogP contribution in [0.15, 0.2) is 77.9 Å². The summed E-state index contributed by atoms with van der Waals surface area (Å²) in [6.07, 6.45) is 0. The number of benzene rings is 3. The highest BCUT2D eigenvalue weighted by molar-refractivity contribution is 6.05.